The SMILES string of the molecule is Cc1nc2c(cc1N)c(C)nn2C. The van der Waals surface area contributed by atoms with Gasteiger partial charge in [-0.25, -0.2) is 4.98 Å². The monoisotopic (exact) mass is 176 g/mol. The summed E-state index contributed by atoms with van der Waals surface area (Å²) >= 11 is 0. The van der Waals surface area contributed by atoms with Gasteiger partial charge in [-0.15, -0.1) is 0 Å². The fourth-order valence-electron chi connectivity index (χ4n) is 1.45. The van der Waals surface area contributed by atoms with Gasteiger partial charge in [0.05, 0.1) is 17.1 Å². The number of fused-ring (bicyclic) bond motifs is 1. The largest absolute Gasteiger partial charge is 0.397 e. The van der Waals surface area contributed by atoms with Gasteiger partial charge in [0, 0.05) is 12.4 Å². The Kier molecular flexibility index (Phi) is 1.52. The summed E-state index contributed by atoms with van der Waals surface area (Å²) in [6, 6.07) is 1.93. The Morgan fingerprint density at radius 2 is 2.00 bits per heavy atom. The van der Waals surface area contributed by atoms with Crippen LogP contribution in [0.3, 0.4) is 0 Å². The van der Waals surface area contributed by atoms with Crippen LogP contribution < -0.4 is 5.73 Å². The number of rotatable bonds is 0. The first-order valence-electron chi connectivity index (χ1n) is 4.16. The first kappa shape index (κ1) is 8.04. The molecule has 0 atom stereocenters. The fourth-order valence-corrected chi connectivity index (χ4v) is 1.45. The summed E-state index contributed by atoms with van der Waals surface area (Å²) in [5, 5.41) is 5.30. The summed E-state index contributed by atoms with van der Waals surface area (Å²) in [7, 11) is 1.89. The molecule has 68 valence electrons. The molecular formula is C9H12N4. The molecule has 0 bridgehead atoms. The first-order valence-corrected chi connectivity index (χ1v) is 4.16. The molecule has 0 radical (unpaired) electrons. The molecule has 0 saturated heterocycles. The zero-order valence-electron chi connectivity index (χ0n) is 8.00. The van der Waals surface area contributed by atoms with Crippen molar-refractivity contribution in [3.05, 3.63) is 17.5 Å². The van der Waals surface area contributed by atoms with Crippen LogP contribution in [0.25, 0.3) is 11.0 Å². The van der Waals surface area contributed by atoms with Crippen molar-refractivity contribution in [2.45, 2.75) is 13.8 Å². The van der Waals surface area contributed by atoms with E-state index in [0.29, 0.717) is 0 Å². The highest BCUT2D eigenvalue weighted by molar-refractivity contribution is 5.81. The Labute approximate surface area is 76.4 Å². The summed E-state index contributed by atoms with van der Waals surface area (Å²) in [6.07, 6.45) is 0. The molecule has 0 aliphatic carbocycles. The number of aromatic nitrogens is 3. The van der Waals surface area contributed by atoms with Gasteiger partial charge in [0.2, 0.25) is 0 Å². The van der Waals surface area contributed by atoms with Gasteiger partial charge in [-0.05, 0) is 19.9 Å². The molecule has 0 spiro atoms. The van der Waals surface area contributed by atoms with E-state index in [2.05, 4.69) is 10.1 Å². The molecule has 0 aromatic carbocycles. The molecule has 0 aliphatic rings. The quantitative estimate of drug-likeness (QED) is 0.655. The second-order valence-corrected chi connectivity index (χ2v) is 3.24. The third kappa shape index (κ3) is 1.06. The lowest BCUT2D eigenvalue weighted by Crippen LogP contribution is -1.96. The first-order chi connectivity index (χ1) is 6.09. The standard InChI is InChI=1S/C9H12N4/c1-5-7-4-8(10)6(2)11-9(7)13(3)12-5/h4H,10H2,1-3H3. The number of nitrogen functional groups attached to an aromatic ring is 1. The number of nitrogens with zero attached hydrogens (tertiary/aromatic N) is 3. The average molecular weight is 176 g/mol. The second kappa shape index (κ2) is 2.45. The van der Waals surface area contributed by atoms with Crippen LogP contribution in [-0.2, 0) is 7.05 Å². The maximum absolute atomic E-state index is 5.76. The van der Waals surface area contributed by atoms with Crippen LogP contribution in [0.5, 0.6) is 0 Å². The highest BCUT2D eigenvalue weighted by Gasteiger charge is 2.07. The number of hydrogen-bond acceptors (Lipinski definition) is 3. The number of hydrogen-bond donors (Lipinski definition) is 1. The molecule has 4 nitrogen and oxygen atoms in total. The van der Waals surface area contributed by atoms with E-state index in [1.807, 2.05) is 27.0 Å². The van der Waals surface area contributed by atoms with Crippen molar-refractivity contribution >= 4 is 16.7 Å². The van der Waals surface area contributed by atoms with Crippen LogP contribution in [0.4, 0.5) is 5.69 Å². The summed E-state index contributed by atoms with van der Waals surface area (Å²) < 4.78 is 1.77. The molecule has 2 rings (SSSR count). The molecule has 4 heteroatoms. The highest BCUT2D eigenvalue weighted by Crippen LogP contribution is 2.19. The summed E-state index contributed by atoms with van der Waals surface area (Å²) in [5.41, 5.74) is 9.21. The van der Waals surface area contributed by atoms with Gasteiger partial charge in [-0.2, -0.15) is 5.10 Å². The van der Waals surface area contributed by atoms with E-state index in [0.717, 1.165) is 28.1 Å². The Morgan fingerprint density at radius 3 is 2.69 bits per heavy atom. The van der Waals surface area contributed by atoms with Crippen LogP contribution >= 0.6 is 0 Å². The molecule has 0 fully saturated rings. The predicted molar refractivity (Wildman–Crippen MR) is 52.4 cm³/mol. The van der Waals surface area contributed by atoms with Gasteiger partial charge in [-0.3, -0.25) is 4.68 Å². The molecule has 2 aromatic heterocycles. The molecule has 0 aliphatic heterocycles. The van der Waals surface area contributed by atoms with Crippen molar-refractivity contribution in [2.75, 3.05) is 5.73 Å². The number of pyridine rings is 1. The second-order valence-electron chi connectivity index (χ2n) is 3.24. The van der Waals surface area contributed by atoms with Gasteiger partial charge in [0.25, 0.3) is 0 Å². The number of nitrogens with two attached hydrogens (primary N) is 1. The van der Waals surface area contributed by atoms with Crippen molar-refractivity contribution in [1.29, 1.82) is 0 Å². The van der Waals surface area contributed by atoms with E-state index in [9.17, 15) is 0 Å². The Morgan fingerprint density at radius 1 is 1.31 bits per heavy atom. The van der Waals surface area contributed by atoms with E-state index < -0.39 is 0 Å². The highest BCUT2D eigenvalue weighted by atomic mass is 15.3. The summed E-state index contributed by atoms with van der Waals surface area (Å²) in [4.78, 5) is 4.37. The number of aryl methyl sites for hydroxylation is 3. The third-order valence-electron chi connectivity index (χ3n) is 2.23. The average Bonchev–Trinajstić information content (AvgIpc) is 2.31. The molecule has 2 aromatic rings. The van der Waals surface area contributed by atoms with E-state index in [-0.39, 0.29) is 0 Å². The fraction of sp³-hybridized carbons (Fsp3) is 0.333. The van der Waals surface area contributed by atoms with Crippen molar-refractivity contribution < 1.29 is 0 Å². The van der Waals surface area contributed by atoms with Crippen LogP contribution in [0.1, 0.15) is 11.4 Å². The summed E-state index contributed by atoms with van der Waals surface area (Å²) in [6.45, 7) is 3.86. The van der Waals surface area contributed by atoms with Gasteiger partial charge < -0.3 is 5.73 Å². The lowest BCUT2D eigenvalue weighted by atomic mass is 10.2. The van der Waals surface area contributed by atoms with Gasteiger partial charge >= 0.3 is 0 Å². The lowest BCUT2D eigenvalue weighted by molar-refractivity contribution is 0.772. The van der Waals surface area contributed by atoms with Crippen LogP contribution in [0.15, 0.2) is 6.07 Å². The van der Waals surface area contributed by atoms with Gasteiger partial charge in [0.1, 0.15) is 0 Å². The van der Waals surface area contributed by atoms with Crippen molar-refractivity contribution in [3.63, 3.8) is 0 Å². The maximum atomic E-state index is 5.76. The minimum atomic E-state index is 0.726. The Hall–Kier alpha value is -1.58. The molecule has 0 unspecified atom stereocenters. The molecule has 0 saturated carbocycles. The zero-order valence-corrected chi connectivity index (χ0v) is 8.00. The van der Waals surface area contributed by atoms with E-state index in [1.54, 1.807) is 4.68 Å². The van der Waals surface area contributed by atoms with Crippen LogP contribution in [-0.4, -0.2) is 14.8 Å². The summed E-state index contributed by atoms with van der Waals surface area (Å²) in [5.74, 6) is 0. The molecule has 13 heavy (non-hydrogen) atoms. The Balaban J connectivity index is 2.91. The molecule has 0 amide bonds. The molecule has 2 N–H and O–H groups in total. The van der Waals surface area contributed by atoms with Crippen LogP contribution in [0, 0.1) is 13.8 Å². The van der Waals surface area contributed by atoms with Crippen molar-refractivity contribution in [1.82, 2.24) is 14.8 Å². The Bertz CT molecular complexity index is 428. The normalized spacial score (nSPS) is 11.0. The maximum Gasteiger partial charge on any atom is 0.158 e. The van der Waals surface area contributed by atoms with Gasteiger partial charge in [-0.1, -0.05) is 0 Å². The minimum absolute atomic E-state index is 0.726. The third-order valence-corrected chi connectivity index (χ3v) is 2.23. The zero-order chi connectivity index (χ0) is 9.59. The predicted octanol–water partition coefficient (Wildman–Crippen LogP) is 1.17. The van der Waals surface area contributed by atoms with Crippen molar-refractivity contribution in [2.24, 2.45) is 7.05 Å². The molecule has 2 heterocycles. The minimum Gasteiger partial charge on any atom is -0.397 e. The lowest BCUT2D eigenvalue weighted by Gasteiger charge is -1.99. The van der Waals surface area contributed by atoms with Crippen LogP contribution in [0.2, 0.25) is 0 Å². The van der Waals surface area contributed by atoms with Gasteiger partial charge in [0.15, 0.2) is 5.65 Å². The van der Waals surface area contributed by atoms with E-state index in [4.69, 9.17) is 5.73 Å². The topological polar surface area (TPSA) is 56.7 Å². The van der Waals surface area contributed by atoms with E-state index >= 15 is 0 Å². The molecular weight excluding hydrogens is 164 g/mol. The smallest absolute Gasteiger partial charge is 0.158 e. The van der Waals surface area contributed by atoms with Crippen molar-refractivity contribution in [3.8, 4) is 0 Å². The number of anilines is 1. The van der Waals surface area contributed by atoms with E-state index in [1.165, 1.54) is 0 Å².